The molecule has 0 aliphatic heterocycles. The second-order valence-corrected chi connectivity index (χ2v) is 6.12. The molecule has 5 heteroatoms. The smallest absolute Gasteiger partial charge is 0.135 e. The molecule has 114 valence electrons. The molecule has 0 aliphatic rings. The lowest BCUT2D eigenvalue weighted by Gasteiger charge is -2.14. The second-order valence-electron chi connectivity index (χ2n) is 5.12. The number of aromatic nitrogens is 2. The summed E-state index contributed by atoms with van der Waals surface area (Å²) in [6.45, 7) is 10.2. The summed E-state index contributed by atoms with van der Waals surface area (Å²) in [6.07, 6.45) is 1.93. The lowest BCUT2D eigenvalue weighted by atomic mass is 10.2. The van der Waals surface area contributed by atoms with Crippen LogP contribution in [-0.2, 0) is 13.0 Å². The number of hydrogen-bond acceptors (Lipinski definition) is 5. The van der Waals surface area contributed by atoms with Gasteiger partial charge in [-0.1, -0.05) is 13.8 Å². The summed E-state index contributed by atoms with van der Waals surface area (Å²) in [5, 5.41) is 8.99. The monoisotopic (exact) mass is 304 g/mol. The van der Waals surface area contributed by atoms with Crippen molar-refractivity contribution < 1.29 is 0 Å². The van der Waals surface area contributed by atoms with E-state index in [1.807, 2.05) is 0 Å². The van der Waals surface area contributed by atoms with Gasteiger partial charge in [0, 0.05) is 23.4 Å². The molecule has 0 radical (unpaired) electrons. The van der Waals surface area contributed by atoms with E-state index >= 15 is 0 Å². The minimum absolute atomic E-state index is 0.817. The molecule has 0 saturated carbocycles. The van der Waals surface area contributed by atoms with Crippen LogP contribution in [0.2, 0.25) is 0 Å². The van der Waals surface area contributed by atoms with E-state index in [0.29, 0.717) is 0 Å². The van der Waals surface area contributed by atoms with Gasteiger partial charge in [0.1, 0.15) is 17.5 Å². The number of anilines is 2. The van der Waals surface area contributed by atoms with Crippen LogP contribution in [0.25, 0.3) is 0 Å². The third kappa shape index (κ3) is 3.94. The second kappa shape index (κ2) is 7.41. The fourth-order valence-corrected chi connectivity index (χ4v) is 2.90. The maximum absolute atomic E-state index is 4.63. The summed E-state index contributed by atoms with van der Waals surface area (Å²) in [5.74, 6) is 2.77. The molecule has 0 atom stereocenters. The van der Waals surface area contributed by atoms with Crippen molar-refractivity contribution >= 4 is 23.0 Å². The summed E-state index contributed by atoms with van der Waals surface area (Å²) in [4.78, 5) is 10.6. The molecule has 21 heavy (non-hydrogen) atoms. The highest BCUT2D eigenvalue weighted by atomic mass is 32.1. The van der Waals surface area contributed by atoms with Gasteiger partial charge in [-0.2, -0.15) is 0 Å². The SMILES string of the molecule is CCCNc1nc(CC)nc(NCc2sccc2C)c1C. The van der Waals surface area contributed by atoms with Crippen LogP contribution in [0.1, 0.15) is 42.1 Å². The number of nitrogens with one attached hydrogen (secondary N) is 2. The number of thiophene rings is 1. The molecule has 0 amide bonds. The zero-order valence-electron chi connectivity index (χ0n) is 13.3. The van der Waals surface area contributed by atoms with Crippen molar-refractivity contribution in [1.29, 1.82) is 0 Å². The topological polar surface area (TPSA) is 49.8 Å². The van der Waals surface area contributed by atoms with Crippen LogP contribution in [0.3, 0.4) is 0 Å². The van der Waals surface area contributed by atoms with Gasteiger partial charge in [-0.15, -0.1) is 11.3 Å². The van der Waals surface area contributed by atoms with Gasteiger partial charge in [0.05, 0.1) is 6.54 Å². The molecule has 4 nitrogen and oxygen atoms in total. The highest BCUT2D eigenvalue weighted by Gasteiger charge is 2.10. The van der Waals surface area contributed by atoms with Gasteiger partial charge in [-0.3, -0.25) is 0 Å². The van der Waals surface area contributed by atoms with Crippen LogP contribution >= 0.6 is 11.3 Å². The average molecular weight is 304 g/mol. The standard InChI is InChI=1S/C16H24N4S/c1-5-8-17-15-12(4)16(20-14(6-2)19-15)18-10-13-11(3)7-9-21-13/h7,9H,5-6,8,10H2,1-4H3,(H2,17,18,19,20). The van der Waals surface area contributed by atoms with Crippen molar-refractivity contribution in [2.45, 2.75) is 47.1 Å². The number of rotatable bonds is 7. The molecule has 2 heterocycles. The van der Waals surface area contributed by atoms with Gasteiger partial charge < -0.3 is 10.6 Å². The molecule has 0 bridgehead atoms. The number of nitrogens with zero attached hydrogens (tertiary/aromatic N) is 2. The molecule has 2 aromatic heterocycles. The van der Waals surface area contributed by atoms with E-state index in [1.165, 1.54) is 10.4 Å². The molecule has 0 aliphatic carbocycles. The Hall–Kier alpha value is -1.62. The Morgan fingerprint density at radius 1 is 1.10 bits per heavy atom. The predicted molar refractivity (Wildman–Crippen MR) is 91.3 cm³/mol. The van der Waals surface area contributed by atoms with Gasteiger partial charge in [-0.25, -0.2) is 9.97 Å². The summed E-state index contributed by atoms with van der Waals surface area (Å²) in [7, 11) is 0. The highest BCUT2D eigenvalue weighted by Crippen LogP contribution is 2.22. The van der Waals surface area contributed by atoms with Crippen molar-refractivity contribution in [3.05, 3.63) is 33.3 Å². The first-order valence-corrected chi connectivity index (χ1v) is 8.41. The molecular weight excluding hydrogens is 280 g/mol. The van der Waals surface area contributed by atoms with Crippen LogP contribution in [0.4, 0.5) is 11.6 Å². The third-order valence-corrected chi connectivity index (χ3v) is 4.46. The van der Waals surface area contributed by atoms with E-state index in [4.69, 9.17) is 0 Å². The third-order valence-electron chi connectivity index (χ3n) is 3.44. The van der Waals surface area contributed by atoms with E-state index in [1.54, 1.807) is 11.3 Å². The molecule has 0 saturated heterocycles. The van der Waals surface area contributed by atoms with Crippen LogP contribution in [0, 0.1) is 13.8 Å². The van der Waals surface area contributed by atoms with Crippen LogP contribution < -0.4 is 10.6 Å². The average Bonchev–Trinajstić information content (AvgIpc) is 2.90. The normalized spacial score (nSPS) is 10.7. The van der Waals surface area contributed by atoms with E-state index in [-0.39, 0.29) is 0 Å². The van der Waals surface area contributed by atoms with E-state index < -0.39 is 0 Å². The number of aryl methyl sites for hydroxylation is 2. The minimum Gasteiger partial charge on any atom is -0.370 e. The van der Waals surface area contributed by atoms with Crippen molar-refractivity contribution in [3.63, 3.8) is 0 Å². The minimum atomic E-state index is 0.817. The maximum atomic E-state index is 4.63. The highest BCUT2D eigenvalue weighted by molar-refractivity contribution is 7.10. The van der Waals surface area contributed by atoms with Crippen molar-refractivity contribution in [2.24, 2.45) is 0 Å². The molecule has 0 unspecified atom stereocenters. The molecule has 2 rings (SSSR count). The summed E-state index contributed by atoms with van der Waals surface area (Å²) < 4.78 is 0. The van der Waals surface area contributed by atoms with Gasteiger partial charge >= 0.3 is 0 Å². The van der Waals surface area contributed by atoms with Crippen LogP contribution in [0.5, 0.6) is 0 Å². The predicted octanol–water partition coefficient (Wildman–Crippen LogP) is 4.15. The molecular formula is C16H24N4S. The lowest BCUT2D eigenvalue weighted by molar-refractivity contribution is 0.904. The van der Waals surface area contributed by atoms with E-state index in [9.17, 15) is 0 Å². The van der Waals surface area contributed by atoms with Gasteiger partial charge in [0.2, 0.25) is 0 Å². The van der Waals surface area contributed by atoms with Gasteiger partial charge in [0.15, 0.2) is 0 Å². The number of hydrogen-bond donors (Lipinski definition) is 2. The Morgan fingerprint density at radius 2 is 1.81 bits per heavy atom. The Kier molecular flexibility index (Phi) is 5.56. The summed E-state index contributed by atoms with van der Waals surface area (Å²) in [5.41, 5.74) is 2.43. The fraction of sp³-hybridized carbons (Fsp3) is 0.500. The zero-order valence-corrected chi connectivity index (χ0v) is 14.1. The summed E-state index contributed by atoms with van der Waals surface area (Å²) >= 11 is 1.78. The zero-order chi connectivity index (χ0) is 15.2. The first kappa shape index (κ1) is 15.8. The largest absolute Gasteiger partial charge is 0.370 e. The first-order valence-electron chi connectivity index (χ1n) is 7.53. The Labute approximate surface area is 131 Å². The van der Waals surface area contributed by atoms with Gasteiger partial charge in [0.25, 0.3) is 0 Å². The molecule has 2 N–H and O–H groups in total. The summed E-state index contributed by atoms with van der Waals surface area (Å²) in [6, 6.07) is 2.15. The molecule has 0 spiro atoms. The van der Waals surface area contributed by atoms with Crippen molar-refractivity contribution in [1.82, 2.24) is 9.97 Å². The molecule has 2 aromatic rings. The lowest BCUT2D eigenvalue weighted by Crippen LogP contribution is -2.11. The molecule has 0 fully saturated rings. The van der Waals surface area contributed by atoms with Crippen LogP contribution in [0.15, 0.2) is 11.4 Å². The Bertz CT molecular complexity index is 592. The maximum Gasteiger partial charge on any atom is 0.135 e. The first-order chi connectivity index (χ1) is 10.2. The van der Waals surface area contributed by atoms with E-state index in [2.05, 4.69) is 59.7 Å². The Balaban J connectivity index is 2.19. The fourth-order valence-electron chi connectivity index (χ4n) is 2.06. The van der Waals surface area contributed by atoms with Gasteiger partial charge in [-0.05, 0) is 37.3 Å². The van der Waals surface area contributed by atoms with Crippen molar-refractivity contribution in [2.75, 3.05) is 17.2 Å². The molecule has 0 aromatic carbocycles. The van der Waals surface area contributed by atoms with Crippen molar-refractivity contribution in [3.8, 4) is 0 Å². The van der Waals surface area contributed by atoms with E-state index in [0.717, 1.165) is 49.0 Å². The Morgan fingerprint density at radius 3 is 2.38 bits per heavy atom. The van der Waals surface area contributed by atoms with Crippen LogP contribution in [-0.4, -0.2) is 16.5 Å². The quantitative estimate of drug-likeness (QED) is 0.806.